The van der Waals surface area contributed by atoms with E-state index in [0.717, 1.165) is 18.8 Å². The summed E-state index contributed by atoms with van der Waals surface area (Å²) in [5.41, 5.74) is 0. The lowest BCUT2D eigenvalue weighted by molar-refractivity contribution is 0.523. The average molecular weight is 206 g/mol. The van der Waals surface area contributed by atoms with E-state index >= 15 is 0 Å². The fourth-order valence-electron chi connectivity index (χ4n) is 1.27. The Morgan fingerprint density at radius 2 is 1.54 bits per heavy atom. The van der Waals surface area contributed by atoms with E-state index in [4.69, 9.17) is 0 Å². The molecule has 80 valence electrons. The van der Waals surface area contributed by atoms with Gasteiger partial charge in [0.15, 0.2) is 0 Å². The number of hydrogen-bond donors (Lipinski definition) is 0. The van der Waals surface area contributed by atoms with E-state index in [9.17, 15) is 8.42 Å². The first-order valence-electron chi connectivity index (χ1n) is 5.09. The van der Waals surface area contributed by atoms with Crippen LogP contribution in [0.1, 0.15) is 46.0 Å². The van der Waals surface area contributed by atoms with Crippen molar-refractivity contribution >= 4 is 9.84 Å². The first-order valence-corrected chi connectivity index (χ1v) is 7.15. The number of hydrogen-bond acceptors (Lipinski definition) is 2. The molecule has 0 aliphatic heterocycles. The molecular formula is C10H22O2S. The largest absolute Gasteiger partial charge is 0.229 e. The van der Waals surface area contributed by atoms with Crippen molar-refractivity contribution in [2.45, 2.75) is 46.0 Å². The van der Waals surface area contributed by atoms with Gasteiger partial charge in [-0.15, -0.1) is 0 Å². The fraction of sp³-hybridized carbons (Fsp3) is 1.00. The molecule has 0 aliphatic rings. The standard InChI is InChI=1S/C10H22O2S/c1-10(2)8-6-4-5-7-9-13(3,11)12/h10H,4-9H2,1-3H3. The maximum Gasteiger partial charge on any atom is 0.147 e. The predicted octanol–water partition coefficient (Wildman–Crippen LogP) is 2.64. The molecular weight excluding hydrogens is 184 g/mol. The second-order valence-corrected chi connectivity index (χ2v) is 6.49. The summed E-state index contributed by atoms with van der Waals surface area (Å²) in [5.74, 6) is 1.13. The Hall–Kier alpha value is -0.0500. The molecule has 0 aromatic heterocycles. The van der Waals surface area contributed by atoms with E-state index in [0.29, 0.717) is 5.75 Å². The highest BCUT2D eigenvalue weighted by Crippen LogP contribution is 2.09. The van der Waals surface area contributed by atoms with Gasteiger partial charge in [-0.25, -0.2) is 8.42 Å². The third kappa shape index (κ3) is 12.0. The molecule has 2 nitrogen and oxygen atoms in total. The molecule has 0 amide bonds. The highest BCUT2D eigenvalue weighted by atomic mass is 32.2. The van der Waals surface area contributed by atoms with Gasteiger partial charge < -0.3 is 0 Å². The number of rotatable bonds is 7. The van der Waals surface area contributed by atoms with Crippen molar-refractivity contribution in [3.8, 4) is 0 Å². The first-order chi connectivity index (χ1) is 5.92. The summed E-state index contributed by atoms with van der Waals surface area (Å²) < 4.78 is 21.5. The Balaban J connectivity index is 3.18. The summed E-state index contributed by atoms with van der Waals surface area (Å²) in [6, 6.07) is 0. The Labute approximate surface area is 82.6 Å². The Morgan fingerprint density at radius 3 is 2.00 bits per heavy atom. The maximum absolute atomic E-state index is 10.8. The SMILES string of the molecule is CC(C)CCCCCCS(C)(=O)=O. The van der Waals surface area contributed by atoms with Crippen LogP contribution in [0.2, 0.25) is 0 Å². The van der Waals surface area contributed by atoms with E-state index in [-0.39, 0.29) is 0 Å². The molecule has 0 aromatic rings. The monoisotopic (exact) mass is 206 g/mol. The van der Waals surface area contributed by atoms with Gasteiger partial charge in [-0.3, -0.25) is 0 Å². The minimum atomic E-state index is -2.73. The third-order valence-corrected chi connectivity index (χ3v) is 3.08. The van der Waals surface area contributed by atoms with Gasteiger partial charge in [-0.2, -0.15) is 0 Å². The Morgan fingerprint density at radius 1 is 1.00 bits per heavy atom. The van der Waals surface area contributed by atoms with Crippen LogP contribution < -0.4 is 0 Å². The topological polar surface area (TPSA) is 34.1 Å². The van der Waals surface area contributed by atoms with E-state index in [1.165, 1.54) is 25.5 Å². The van der Waals surface area contributed by atoms with Gasteiger partial charge in [0.1, 0.15) is 9.84 Å². The minimum Gasteiger partial charge on any atom is -0.229 e. The van der Waals surface area contributed by atoms with Crippen molar-refractivity contribution in [2.24, 2.45) is 5.92 Å². The summed E-state index contributed by atoms with van der Waals surface area (Å²) in [7, 11) is -2.73. The van der Waals surface area contributed by atoms with Crippen LogP contribution in [-0.4, -0.2) is 20.4 Å². The fourth-order valence-corrected chi connectivity index (χ4v) is 2.00. The summed E-state index contributed by atoms with van der Waals surface area (Å²) in [6.07, 6.45) is 6.87. The molecule has 0 rings (SSSR count). The molecule has 0 aromatic carbocycles. The highest BCUT2D eigenvalue weighted by Gasteiger charge is 2.01. The second kappa shape index (κ2) is 6.41. The van der Waals surface area contributed by atoms with Crippen LogP contribution in [0.5, 0.6) is 0 Å². The van der Waals surface area contributed by atoms with E-state index in [1.54, 1.807) is 0 Å². The van der Waals surface area contributed by atoms with Crippen molar-refractivity contribution in [1.82, 2.24) is 0 Å². The van der Waals surface area contributed by atoms with Crippen LogP contribution in [0.25, 0.3) is 0 Å². The molecule has 3 heteroatoms. The van der Waals surface area contributed by atoms with Crippen LogP contribution in [0.15, 0.2) is 0 Å². The van der Waals surface area contributed by atoms with Gasteiger partial charge >= 0.3 is 0 Å². The molecule has 0 aliphatic carbocycles. The summed E-state index contributed by atoms with van der Waals surface area (Å²) >= 11 is 0. The molecule has 13 heavy (non-hydrogen) atoms. The molecule has 0 saturated heterocycles. The van der Waals surface area contributed by atoms with Crippen molar-refractivity contribution < 1.29 is 8.42 Å². The van der Waals surface area contributed by atoms with Crippen LogP contribution in [0, 0.1) is 5.92 Å². The molecule has 0 fully saturated rings. The van der Waals surface area contributed by atoms with Gasteiger partial charge in [-0.1, -0.05) is 39.5 Å². The highest BCUT2D eigenvalue weighted by molar-refractivity contribution is 7.90. The summed E-state index contributed by atoms with van der Waals surface area (Å²) in [4.78, 5) is 0. The van der Waals surface area contributed by atoms with Crippen LogP contribution in [-0.2, 0) is 9.84 Å². The number of sulfone groups is 1. The van der Waals surface area contributed by atoms with Crippen molar-refractivity contribution in [3.63, 3.8) is 0 Å². The molecule has 0 heterocycles. The Bertz CT molecular complexity index is 205. The average Bonchev–Trinajstić information content (AvgIpc) is 1.93. The molecule has 0 radical (unpaired) electrons. The van der Waals surface area contributed by atoms with Crippen molar-refractivity contribution in [3.05, 3.63) is 0 Å². The molecule has 0 atom stereocenters. The lowest BCUT2D eigenvalue weighted by Gasteiger charge is -2.03. The first kappa shape index (κ1) is 12.9. The van der Waals surface area contributed by atoms with Crippen molar-refractivity contribution in [1.29, 1.82) is 0 Å². The lowest BCUT2D eigenvalue weighted by atomic mass is 10.0. The van der Waals surface area contributed by atoms with Crippen LogP contribution >= 0.6 is 0 Å². The van der Waals surface area contributed by atoms with Gasteiger partial charge in [0.25, 0.3) is 0 Å². The molecule has 0 bridgehead atoms. The quantitative estimate of drug-likeness (QED) is 0.600. The van der Waals surface area contributed by atoms with Gasteiger partial charge in [0.2, 0.25) is 0 Å². The van der Waals surface area contributed by atoms with Gasteiger partial charge in [0, 0.05) is 12.0 Å². The van der Waals surface area contributed by atoms with E-state index in [2.05, 4.69) is 13.8 Å². The molecule has 0 N–H and O–H groups in total. The summed E-state index contributed by atoms with van der Waals surface area (Å²) in [5, 5.41) is 0. The molecule has 0 spiro atoms. The van der Waals surface area contributed by atoms with E-state index in [1.807, 2.05) is 0 Å². The van der Waals surface area contributed by atoms with Crippen molar-refractivity contribution in [2.75, 3.05) is 12.0 Å². The van der Waals surface area contributed by atoms with Gasteiger partial charge in [-0.05, 0) is 12.3 Å². The zero-order chi connectivity index (χ0) is 10.3. The van der Waals surface area contributed by atoms with E-state index < -0.39 is 9.84 Å². The predicted molar refractivity (Wildman–Crippen MR) is 57.6 cm³/mol. The molecule has 0 unspecified atom stereocenters. The second-order valence-electron chi connectivity index (χ2n) is 4.23. The zero-order valence-electron chi connectivity index (χ0n) is 9.04. The van der Waals surface area contributed by atoms with Gasteiger partial charge in [0.05, 0.1) is 0 Å². The third-order valence-electron chi connectivity index (χ3n) is 2.05. The zero-order valence-corrected chi connectivity index (χ0v) is 9.86. The molecule has 0 saturated carbocycles. The smallest absolute Gasteiger partial charge is 0.147 e. The van der Waals surface area contributed by atoms with Crippen LogP contribution in [0.4, 0.5) is 0 Å². The maximum atomic E-state index is 10.8. The number of unbranched alkanes of at least 4 members (excludes halogenated alkanes) is 3. The Kier molecular flexibility index (Phi) is 6.39. The lowest BCUT2D eigenvalue weighted by Crippen LogP contribution is -2.02. The van der Waals surface area contributed by atoms with Crippen LogP contribution in [0.3, 0.4) is 0 Å². The summed E-state index contributed by atoms with van der Waals surface area (Å²) in [6.45, 7) is 4.44. The minimum absolute atomic E-state index is 0.356. The normalized spacial score (nSPS) is 12.3.